The SMILES string of the molecule is COC(=O)CCN(CCC(C)C)C(=O)c1ccc(S(=O)(=O)N(C)C)cc1. The zero-order chi connectivity index (χ0) is 19.9. The van der Waals surface area contributed by atoms with Crippen LogP contribution in [0.25, 0.3) is 0 Å². The summed E-state index contributed by atoms with van der Waals surface area (Å²) in [5, 5.41) is 0. The predicted molar refractivity (Wildman–Crippen MR) is 99.3 cm³/mol. The van der Waals surface area contributed by atoms with Crippen LogP contribution in [0.4, 0.5) is 0 Å². The zero-order valence-corrected chi connectivity index (χ0v) is 16.9. The number of hydrogen-bond acceptors (Lipinski definition) is 5. The molecule has 0 saturated carbocycles. The van der Waals surface area contributed by atoms with E-state index < -0.39 is 10.0 Å². The molecule has 0 spiro atoms. The number of methoxy groups -OCH3 is 1. The van der Waals surface area contributed by atoms with Crippen LogP contribution in [0.3, 0.4) is 0 Å². The third-order valence-corrected chi connectivity index (χ3v) is 5.79. The third-order valence-electron chi connectivity index (χ3n) is 3.96. The van der Waals surface area contributed by atoms with Crippen LogP contribution < -0.4 is 0 Å². The van der Waals surface area contributed by atoms with Crippen LogP contribution in [0, 0.1) is 5.92 Å². The van der Waals surface area contributed by atoms with E-state index in [4.69, 9.17) is 0 Å². The minimum atomic E-state index is -3.54. The fraction of sp³-hybridized carbons (Fsp3) is 0.556. The number of carbonyl (C=O) groups is 2. The first-order valence-corrected chi connectivity index (χ1v) is 9.92. The first-order valence-electron chi connectivity index (χ1n) is 8.48. The molecule has 8 heteroatoms. The molecule has 0 radical (unpaired) electrons. The van der Waals surface area contributed by atoms with Crippen LogP contribution >= 0.6 is 0 Å². The smallest absolute Gasteiger partial charge is 0.307 e. The Morgan fingerprint density at radius 3 is 2.12 bits per heavy atom. The number of carbonyl (C=O) groups excluding carboxylic acids is 2. The molecule has 26 heavy (non-hydrogen) atoms. The quantitative estimate of drug-likeness (QED) is 0.608. The summed E-state index contributed by atoms with van der Waals surface area (Å²) in [6.07, 6.45) is 0.924. The van der Waals surface area contributed by atoms with Crippen LogP contribution in [0.1, 0.15) is 37.0 Å². The zero-order valence-electron chi connectivity index (χ0n) is 16.1. The Hall–Kier alpha value is -1.93. The van der Waals surface area contributed by atoms with Gasteiger partial charge in [0.1, 0.15) is 0 Å². The Balaban J connectivity index is 2.97. The highest BCUT2D eigenvalue weighted by Crippen LogP contribution is 2.16. The summed E-state index contributed by atoms with van der Waals surface area (Å²) in [6, 6.07) is 5.84. The van der Waals surface area contributed by atoms with Gasteiger partial charge in [0.25, 0.3) is 5.91 Å². The molecule has 0 fully saturated rings. The van der Waals surface area contributed by atoms with E-state index in [9.17, 15) is 18.0 Å². The molecular weight excluding hydrogens is 356 g/mol. The molecule has 0 atom stereocenters. The van der Waals surface area contributed by atoms with Crippen molar-refractivity contribution in [2.45, 2.75) is 31.6 Å². The molecule has 0 aromatic heterocycles. The molecule has 1 amide bonds. The molecule has 0 N–H and O–H groups in total. The van der Waals surface area contributed by atoms with Crippen molar-refractivity contribution in [3.63, 3.8) is 0 Å². The maximum Gasteiger partial charge on any atom is 0.307 e. The van der Waals surface area contributed by atoms with Gasteiger partial charge in [-0.25, -0.2) is 12.7 Å². The maximum atomic E-state index is 12.8. The fourth-order valence-electron chi connectivity index (χ4n) is 2.22. The number of esters is 1. The molecule has 7 nitrogen and oxygen atoms in total. The predicted octanol–water partition coefficient (Wildman–Crippen LogP) is 1.99. The molecule has 0 heterocycles. The van der Waals surface area contributed by atoms with Crippen molar-refractivity contribution in [1.82, 2.24) is 9.21 Å². The molecule has 0 aliphatic rings. The van der Waals surface area contributed by atoms with E-state index in [0.29, 0.717) is 18.0 Å². The summed E-state index contributed by atoms with van der Waals surface area (Å²) in [6.45, 7) is 4.90. The topological polar surface area (TPSA) is 84.0 Å². The van der Waals surface area contributed by atoms with E-state index in [2.05, 4.69) is 18.6 Å². The van der Waals surface area contributed by atoms with E-state index in [0.717, 1.165) is 10.7 Å². The fourth-order valence-corrected chi connectivity index (χ4v) is 3.12. The van der Waals surface area contributed by atoms with Gasteiger partial charge in [-0.1, -0.05) is 13.8 Å². The Morgan fingerprint density at radius 1 is 1.08 bits per heavy atom. The van der Waals surface area contributed by atoms with E-state index >= 15 is 0 Å². The number of nitrogens with zero attached hydrogens (tertiary/aromatic N) is 2. The van der Waals surface area contributed by atoms with Gasteiger partial charge in [0.05, 0.1) is 18.4 Å². The lowest BCUT2D eigenvalue weighted by Gasteiger charge is -2.23. The Kier molecular flexibility index (Phi) is 8.23. The summed E-state index contributed by atoms with van der Waals surface area (Å²) in [5.74, 6) is -0.195. The van der Waals surface area contributed by atoms with Gasteiger partial charge in [-0.15, -0.1) is 0 Å². The van der Waals surface area contributed by atoms with E-state index in [-0.39, 0.29) is 29.7 Å². The minimum Gasteiger partial charge on any atom is -0.469 e. The molecule has 0 aliphatic carbocycles. The van der Waals surface area contributed by atoms with Gasteiger partial charge < -0.3 is 9.64 Å². The Labute approximate surface area is 156 Å². The van der Waals surface area contributed by atoms with Gasteiger partial charge in [-0.2, -0.15) is 0 Å². The van der Waals surface area contributed by atoms with Gasteiger partial charge in [0.2, 0.25) is 10.0 Å². The summed E-state index contributed by atoms with van der Waals surface area (Å²) in [7, 11) is 0.680. The molecule has 1 rings (SSSR count). The van der Waals surface area contributed by atoms with Crippen molar-refractivity contribution in [2.75, 3.05) is 34.3 Å². The summed E-state index contributed by atoms with van der Waals surface area (Å²) in [5.41, 5.74) is 0.385. The summed E-state index contributed by atoms with van der Waals surface area (Å²) >= 11 is 0. The highest BCUT2D eigenvalue weighted by atomic mass is 32.2. The molecule has 1 aromatic rings. The number of benzene rings is 1. The first kappa shape index (κ1) is 22.1. The van der Waals surface area contributed by atoms with Crippen molar-refractivity contribution in [1.29, 1.82) is 0 Å². The van der Waals surface area contributed by atoms with Gasteiger partial charge in [0, 0.05) is 32.7 Å². The molecule has 0 aliphatic heterocycles. The third kappa shape index (κ3) is 6.10. The molecule has 0 unspecified atom stereocenters. The molecule has 0 bridgehead atoms. The van der Waals surface area contributed by atoms with Crippen molar-refractivity contribution in [2.24, 2.45) is 5.92 Å². The second-order valence-electron chi connectivity index (χ2n) is 6.61. The van der Waals surface area contributed by atoms with Crippen molar-refractivity contribution >= 4 is 21.9 Å². The normalized spacial score (nSPS) is 11.7. The lowest BCUT2D eigenvalue weighted by molar-refractivity contribution is -0.140. The Morgan fingerprint density at radius 2 is 1.65 bits per heavy atom. The standard InChI is InChI=1S/C18H28N2O5S/c1-14(2)10-12-20(13-11-17(21)25-5)18(22)15-6-8-16(9-7-15)26(23,24)19(3)4/h6-9,14H,10-13H2,1-5H3. The van der Waals surface area contributed by atoms with Crippen LogP contribution in [0.5, 0.6) is 0 Å². The maximum absolute atomic E-state index is 12.8. The van der Waals surface area contributed by atoms with Crippen molar-refractivity contribution in [3.8, 4) is 0 Å². The molecule has 0 saturated heterocycles. The van der Waals surface area contributed by atoms with Crippen LogP contribution in [0.2, 0.25) is 0 Å². The van der Waals surface area contributed by atoms with Crippen molar-refractivity contribution < 1.29 is 22.7 Å². The number of sulfonamides is 1. The lowest BCUT2D eigenvalue weighted by atomic mass is 10.1. The largest absolute Gasteiger partial charge is 0.469 e. The van der Waals surface area contributed by atoms with Gasteiger partial charge >= 0.3 is 5.97 Å². The van der Waals surface area contributed by atoms with Crippen molar-refractivity contribution in [3.05, 3.63) is 29.8 Å². The number of rotatable bonds is 9. The van der Waals surface area contributed by atoms with Gasteiger partial charge in [-0.05, 0) is 36.6 Å². The summed E-state index contributed by atoms with van der Waals surface area (Å²) < 4.78 is 30.0. The molecule has 1 aromatic carbocycles. The van der Waals surface area contributed by atoms with Gasteiger partial charge in [-0.3, -0.25) is 9.59 Å². The summed E-state index contributed by atoms with van der Waals surface area (Å²) in [4.78, 5) is 25.9. The highest BCUT2D eigenvalue weighted by molar-refractivity contribution is 7.89. The number of ether oxygens (including phenoxy) is 1. The average Bonchev–Trinajstić information content (AvgIpc) is 2.60. The average molecular weight is 384 g/mol. The Bertz CT molecular complexity index is 712. The van der Waals surface area contributed by atoms with Crippen LogP contribution in [0.15, 0.2) is 29.2 Å². The monoisotopic (exact) mass is 384 g/mol. The number of hydrogen-bond donors (Lipinski definition) is 0. The second kappa shape index (κ2) is 9.68. The van der Waals surface area contributed by atoms with Crippen LogP contribution in [-0.4, -0.2) is 63.8 Å². The molecular formula is C18H28N2O5S. The minimum absolute atomic E-state index is 0.118. The van der Waals surface area contributed by atoms with Crippen LogP contribution in [-0.2, 0) is 19.6 Å². The first-order chi connectivity index (χ1) is 12.1. The van der Waals surface area contributed by atoms with E-state index in [1.165, 1.54) is 45.5 Å². The van der Waals surface area contributed by atoms with Gasteiger partial charge in [0.15, 0.2) is 0 Å². The molecule has 146 valence electrons. The second-order valence-corrected chi connectivity index (χ2v) is 8.76. The number of amides is 1. The van der Waals surface area contributed by atoms with E-state index in [1.807, 2.05) is 0 Å². The lowest BCUT2D eigenvalue weighted by Crippen LogP contribution is -2.34. The highest BCUT2D eigenvalue weighted by Gasteiger charge is 2.20. The van der Waals surface area contributed by atoms with E-state index in [1.54, 1.807) is 4.90 Å².